The van der Waals surface area contributed by atoms with Gasteiger partial charge < -0.3 is 10.1 Å². The number of nitro benzene ring substituents is 1. The van der Waals surface area contributed by atoms with Crippen LogP contribution in [-0.2, 0) is 4.79 Å². The Hall–Kier alpha value is -2.25. The smallest absolute Gasteiger partial charge is 0.310 e. The minimum Gasteiger partial charge on any atom is -0.477 e. The molecule has 24 heavy (non-hydrogen) atoms. The van der Waals surface area contributed by atoms with Gasteiger partial charge in [0.25, 0.3) is 5.91 Å². The molecule has 0 unspecified atom stereocenters. The van der Waals surface area contributed by atoms with Crippen LogP contribution in [0.4, 0.5) is 5.69 Å². The number of benzene rings is 2. The molecule has 1 amide bonds. The Labute approximate surface area is 148 Å². The summed E-state index contributed by atoms with van der Waals surface area (Å²) in [5, 5.41) is 14.2. The number of para-hydroxylation sites is 2. The van der Waals surface area contributed by atoms with E-state index >= 15 is 0 Å². The third-order valence-electron chi connectivity index (χ3n) is 2.93. The summed E-state index contributed by atoms with van der Waals surface area (Å²) < 4.78 is 5.21. The van der Waals surface area contributed by atoms with Crippen molar-refractivity contribution in [2.45, 2.75) is 4.90 Å². The monoisotopic (exact) mass is 366 g/mol. The van der Waals surface area contributed by atoms with Crippen LogP contribution in [0, 0.1) is 10.1 Å². The highest BCUT2D eigenvalue weighted by atomic mass is 35.5. The molecule has 0 bridgehead atoms. The molecule has 2 aromatic carbocycles. The first-order valence-electron chi connectivity index (χ1n) is 7.07. The Balaban J connectivity index is 1.70. The molecule has 0 heterocycles. The minimum absolute atomic E-state index is 0.0770. The van der Waals surface area contributed by atoms with Crippen molar-refractivity contribution in [2.75, 3.05) is 18.9 Å². The lowest BCUT2D eigenvalue weighted by Crippen LogP contribution is -2.30. The van der Waals surface area contributed by atoms with Gasteiger partial charge in [0.1, 0.15) is 0 Å². The van der Waals surface area contributed by atoms with E-state index in [4.69, 9.17) is 16.3 Å². The van der Waals surface area contributed by atoms with Gasteiger partial charge in [-0.2, -0.15) is 0 Å². The van der Waals surface area contributed by atoms with E-state index in [2.05, 4.69) is 5.32 Å². The van der Waals surface area contributed by atoms with Crippen molar-refractivity contribution >= 4 is 35.0 Å². The van der Waals surface area contributed by atoms with Crippen LogP contribution in [0.25, 0.3) is 0 Å². The number of halogens is 1. The molecule has 6 nitrogen and oxygen atoms in total. The molecule has 126 valence electrons. The third kappa shape index (κ3) is 5.75. The highest BCUT2D eigenvalue weighted by Crippen LogP contribution is 2.25. The van der Waals surface area contributed by atoms with Crippen molar-refractivity contribution in [3.05, 3.63) is 63.7 Å². The van der Waals surface area contributed by atoms with E-state index in [0.717, 1.165) is 4.90 Å². The molecular formula is C16H15ClN2O4S. The van der Waals surface area contributed by atoms with Gasteiger partial charge in [0.2, 0.25) is 0 Å². The number of nitro groups is 1. The zero-order valence-corrected chi connectivity index (χ0v) is 14.2. The lowest BCUT2D eigenvalue weighted by molar-refractivity contribution is -0.385. The molecule has 2 rings (SSSR count). The van der Waals surface area contributed by atoms with Gasteiger partial charge in [-0.3, -0.25) is 14.9 Å². The maximum atomic E-state index is 11.7. The van der Waals surface area contributed by atoms with Crippen LogP contribution in [0.15, 0.2) is 53.4 Å². The number of thioether (sulfide) groups is 1. The van der Waals surface area contributed by atoms with E-state index in [0.29, 0.717) is 17.3 Å². The van der Waals surface area contributed by atoms with Gasteiger partial charge in [0, 0.05) is 28.3 Å². The van der Waals surface area contributed by atoms with Crippen molar-refractivity contribution < 1.29 is 14.5 Å². The number of carbonyl (C=O) groups excluding carboxylic acids is 1. The Kier molecular flexibility index (Phi) is 6.89. The van der Waals surface area contributed by atoms with Gasteiger partial charge in [-0.15, -0.1) is 11.8 Å². The maximum absolute atomic E-state index is 11.7. The molecule has 0 aromatic heterocycles. The highest BCUT2D eigenvalue weighted by Gasteiger charge is 2.14. The fraction of sp³-hybridized carbons (Fsp3) is 0.188. The van der Waals surface area contributed by atoms with Crippen LogP contribution in [0.5, 0.6) is 5.75 Å². The van der Waals surface area contributed by atoms with E-state index in [9.17, 15) is 14.9 Å². The molecule has 1 N–H and O–H groups in total. The largest absolute Gasteiger partial charge is 0.477 e. The number of rotatable bonds is 8. The number of hydrogen-bond acceptors (Lipinski definition) is 5. The molecule has 0 aliphatic carbocycles. The van der Waals surface area contributed by atoms with E-state index < -0.39 is 4.92 Å². The molecule has 0 fully saturated rings. The fourth-order valence-electron chi connectivity index (χ4n) is 1.81. The van der Waals surface area contributed by atoms with E-state index in [1.165, 1.54) is 12.1 Å². The second-order valence-corrected chi connectivity index (χ2v) is 6.27. The number of carbonyl (C=O) groups is 1. The fourth-order valence-corrected chi connectivity index (χ4v) is 2.71. The molecule has 0 atom stereocenters. The Morgan fingerprint density at radius 1 is 1.21 bits per heavy atom. The summed E-state index contributed by atoms with van der Waals surface area (Å²) in [7, 11) is 0. The summed E-state index contributed by atoms with van der Waals surface area (Å²) in [6, 6.07) is 13.4. The zero-order chi connectivity index (χ0) is 17.4. The third-order valence-corrected chi connectivity index (χ3v) is 4.19. The predicted molar refractivity (Wildman–Crippen MR) is 93.8 cm³/mol. The topological polar surface area (TPSA) is 81.5 Å². The number of ether oxygens (including phenoxy) is 1. The van der Waals surface area contributed by atoms with Crippen molar-refractivity contribution in [1.82, 2.24) is 5.32 Å². The Morgan fingerprint density at radius 2 is 1.92 bits per heavy atom. The number of hydrogen-bond donors (Lipinski definition) is 1. The maximum Gasteiger partial charge on any atom is 0.310 e. The van der Waals surface area contributed by atoms with Gasteiger partial charge in [0.15, 0.2) is 12.4 Å². The van der Waals surface area contributed by atoms with Crippen molar-refractivity contribution in [3.63, 3.8) is 0 Å². The zero-order valence-electron chi connectivity index (χ0n) is 12.6. The molecule has 2 aromatic rings. The summed E-state index contributed by atoms with van der Waals surface area (Å²) in [6.45, 7) is 0.197. The first kappa shape index (κ1) is 18.1. The minimum atomic E-state index is -0.546. The molecule has 0 spiro atoms. The van der Waals surface area contributed by atoms with Crippen molar-refractivity contribution in [2.24, 2.45) is 0 Å². The second-order valence-electron chi connectivity index (χ2n) is 4.67. The first-order valence-corrected chi connectivity index (χ1v) is 8.44. The van der Waals surface area contributed by atoms with E-state index in [-0.39, 0.29) is 24.0 Å². The Morgan fingerprint density at radius 3 is 2.62 bits per heavy atom. The molecule has 8 heteroatoms. The van der Waals surface area contributed by atoms with Gasteiger partial charge >= 0.3 is 5.69 Å². The first-order chi connectivity index (χ1) is 11.6. The van der Waals surface area contributed by atoms with Crippen LogP contribution in [-0.4, -0.2) is 29.7 Å². The molecule has 0 saturated heterocycles. The van der Waals surface area contributed by atoms with Crippen LogP contribution in [0.1, 0.15) is 0 Å². The van der Waals surface area contributed by atoms with Gasteiger partial charge in [-0.25, -0.2) is 0 Å². The molecule has 0 aliphatic rings. The summed E-state index contributed by atoms with van der Waals surface area (Å²) in [6.07, 6.45) is 0. The van der Waals surface area contributed by atoms with Crippen molar-refractivity contribution in [3.8, 4) is 5.75 Å². The normalized spacial score (nSPS) is 10.2. The van der Waals surface area contributed by atoms with Crippen LogP contribution < -0.4 is 10.1 Å². The predicted octanol–water partition coefficient (Wildman–Crippen LogP) is 3.54. The highest BCUT2D eigenvalue weighted by molar-refractivity contribution is 7.99. The second kappa shape index (κ2) is 9.14. The lowest BCUT2D eigenvalue weighted by Gasteiger charge is -2.07. The Bertz CT molecular complexity index is 709. The molecular weight excluding hydrogens is 352 g/mol. The number of nitrogens with zero attached hydrogens (tertiary/aromatic N) is 1. The standard InChI is InChI=1S/C16H15ClN2O4S/c17-12-5-7-13(8-6-12)24-10-9-18-16(20)11-23-15-4-2-1-3-14(15)19(21)22/h1-8H,9-11H2,(H,18,20). The summed E-state index contributed by atoms with van der Waals surface area (Å²) in [5.41, 5.74) is -0.163. The SMILES string of the molecule is O=C(COc1ccccc1[N+](=O)[O-])NCCSc1ccc(Cl)cc1. The van der Waals surface area contributed by atoms with E-state index in [1.807, 2.05) is 24.3 Å². The molecule has 0 radical (unpaired) electrons. The lowest BCUT2D eigenvalue weighted by atomic mass is 10.3. The van der Waals surface area contributed by atoms with Crippen LogP contribution >= 0.6 is 23.4 Å². The van der Waals surface area contributed by atoms with Gasteiger partial charge in [-0.1, -0.05) is 23.7 Å². The number of nitrogens with one attached hydrogen (secondary N) is 1. The quantitative estimate of drug-likeness (QED) is 0.334. The number of amides is 1. The van der Waals surface area contributed by atoms with Crippen molar-refractivity contribution in [1.29, 1.82) is 0 Å². The van der Waals surface area contributed by atoms with Gasteiger partial charge in [-0.05, 0) is 30.3 Å². The molecule has 0 saturated carbocycles. The van der Waals surface area contributed by atoms with Gasteiger partial charge in [0.05, 0.1) is 4.92 Å². The molecule has 0 aliphatic heterocycles. The van der Waals surface area contributed by atoms with E-state index in [1.54, 1.807) is 23.9 Å². The summed E-state index contributed by atoms with van der Waals surface area (Å²) in [5.74, 6) is 0.442. The average Bonchev–Trinajstić information content (AvgIpc) is 2.58. The summed E-state index contributed by atoms with van der Waals surface area (Å²) >= 11 is 7.40. The summed E-state index contributed by atoms with van der Waals surface area (Å²) in [4.78, 5) is 23.1. The van der Waals surface area contributed by atoms with Crippen LogP contribution in [0.2, 0.25) is 5.02 Å². The van der Waals surface area contributed by atoms with Crippen LogP contribution in [0.3, 0.4) is 0 Å². The average molecular weight is 367 g/mol.